The van der Waals surface area contributed by atoms with Crippen LogP contribution >= 0.6 is 0 Å². The molecule has 2 rings (SSSR count). The van der Waals surface area contributed by atoms with Crippen LogP contribution in [0.25, 0.3) is 0 Å². The summed E-state index contributed by atoms with van der Waals surface area (Å²) in [6.07, 6.45) is -0.643. The first-order chi connectivity index (χ1) is 10.1. The Morgan fingerprint density at radius 1 is 1.24 bits per heavy atom. The molecule has 0 aliphatic heterocycles. The van der Waals surface area contributed by atoms with Gasteiger partial charge in [-0.2, -0.15) is 5.26 Å². The number of halogens is 1. The van der Waals surface area contributed by atoms with Gasteiger partial charge in [0.15, 0.2) is 0 Å². The molecule has 0 bridgehead atoms. The van der Waals surface area contributed by atoms with E-state index in [0.717, 1.165) is 5.56 Å². The smallest absolute Gasteiger partial charge is 0.129 e. The number of aliphatic hydroxyl groups is 1. The van der Waals surface area contributed by atoms with E-state index in [2.05, 4.69) is 5.32 Å². The van der Waals surface area contributed by atoms with Crippen LogP contribution in [0.3, 0.4) is 0 Å². The molecule has 3 nitrogen and oxygen atoms in total. The predicted octanol–water partition coefficient (Wildman–Crippen LogP) is 3.08. The van der Waals surface area contributed by atoms with Gasteiger partial charge in [0.1, 0.15) is 5.82 Å². The molecule has 0 saturated heterocycles. The standard InChI is InChI=1S/C17H17FN2O/c1-12(15-8-7-13(10-19)9-16(15)18)20-11-17(21)14-5-3-2-4-6-14/h2-9,12,17,20-21H,11H2,1H3. The normalized spacial score (nSPS) is 13.4. The maximum Gasteiger partial charge on any atom is 0.129 e. The quantitative estimate of drug-likeness (QED) is 0.887. The van der Waals surface area contributed by atoms with Gasteiger partial charge in [-0.25, -0.2) is 4.39 Å². The summed E-state index contributed by atoms with van der Waals surface area (Å²) in [4.78, 5) is 0. The lowest BCUT2D eigenvalue weighted by Crippen LogP contribution is -2.25. The van der Waals surface area contributed by atoms with Gasteiger partial charge >= 0.3 is 0 Å². The van der Waals surface area contributed by atoms with Crippen molar-refractivity contribution in [2.75, 3.05) is 6.54 Å². The third-order valence-corrected chi connectivity index (χ3v) is 3.40. The van der Waals surface area contributed by atoms with Gasteiger partial charge in [-0.1, -0.05) is 36.4 Å². The maximum absolute atomic E-state index is 13.9. The number of nitrogens with zero attached hydrogens (tertiary/aromatic N) is 1. The van der Waals surface area contributed by atoms with Gasteiger partial charge in [0.2, 0.25) is 0 Å². The van der Waals surface area contributed by atoms with Gasteiger partial charge in [-0.05, 0) is 24.6 Å². The summed E-state index contributed by atoms with van der Waals surface area (Å²) < 4.78 is 13.9. The minimum atomic E-state index is -0.643. The first-order valence-electron chi connectivity index (χ1n) is 6.77. The molecule has 2 N–H and O–H groups in total. The van der Waals surface area contributed by atoms with Crippen molar-refractivity contribution in [2.24, 2.45) is 0 Å². The summed E-state index contributed by atoms with van der Waals surface area (Å²) in [5, 5.41) is 21.9. The van der Waals surface area contributed by atoms with Crippen LogP contribution in [0.1, 0.15) is 35.8 Å². The second-order valence-corrected chi connectivity index (χ2v) is 4.90. The summed E-state index contributed by atoms with van der Waals surface area (Å²) >= 11 is 0. The van der Waals surface area contributed by atoms with E-state index < -0.39 is 11.9 Å². The third-order valence-electron chi connectivity index (χ3n) is 3.40. The molecule has 0 radical (unpaired) electrons. The summed E-state index contributed by atoms with van der Waals surface area (Å²) in [6, 6.07) is 15.4. The number of nitrogens with one attached hydrogen (secondary N) is 1. The fourth-order valence-corrected chi connectivity index (χ4v) is 2.14. The second kappa shape index (κ2) is 6.98. The number of hydrogen-bond donors (Lipinski definition) is 2. The van der Waals surface area contributed by atoms with Crippen LogP contribution in [-0.4, -0.2) is 11.7 Å². The Labute approximate surface area is 123 Å². The molecule has 0 spiro atoms. The number of rotatable bonds is 5. The van der Waals surface area contributed by atoms with Crippen molar-refractivity contribution < 1.29 is 9.50 Å². The number of nitriles is 1. The van der Waals surface area contributed by atoms with Crippen molar-refractivity contribution in [3.63, 3.8) is 0 Å². The molecule has 0 heterocycles. The van der Waals surface area contributed by atoms with Crippen LogP contribution in [0, 0.1) is 17.1 Å². The summed E-state index contributed by atoms with van der Waals surface area (Å²) in [5.74, 6) is -0.414. The van der Waals surface area contributed by atoms with Crippen molar-refractivity contribution in [2.45, 2.75) is 19.1 Å². The monoisotopic (exact) mass is 284 g/mol. The Balaban J connectivity index is 1.99. The highest BCUT2D eigenvalue weighted by Gasteiger charge is 2.13. The lowest BCUT2D eigenvalue weighted by Gasteiger charge is -2.18. The molecule has 0 amide bonds. The first-order valence-corrected chi connectivity index (χ1v) is 6.77. The number of hydrogen-bond acceptors (Lipinski definition) is 3. The van der Waals surface area contributed by atoms with Gasteiger partial charge < -0.3 is 10.4 Å². The predicted molar refractivity (Wildman–Crippen MR) is 78.9 cm³/mol. The van der Waals surface area contributed by atoms with Crippen molar-refractivity contribution in [1.82, 2.24) is 5.32 Å². The summed E-state index contributed by atoms with van der Waals surface area (Å²) in [7, 11) is 0. The van der Waals surface area contributed by atoms with E-state index >= 15 is 0 Å². The largest absolute Gasteiger partial charge is 0.387 e. The molecule has 4 heteroatoms. The van der Waals surface area contributed by atoms with E-state index in [9.17, 15) is 9.50 Å². The number of benzene rings is 2. The SMILES string of the molecule is CC(NCC(O)c1ccccc1)c1ccc(C#N)cc1F. The Bertz CT molecular complexity index is 637. The minimum Gasteiger partial charge on any atom is -0.387 e. The average molecular weight is 284 g/mol. The van der Waals surface area contributed by atoms with Crippen LogP contribution in [0.5, 0.6) is 0 Å². The van der Waals surface area contributed by atoms with Crippen LogP contribution in [-0.2, 0) is 0 Å². The summed E-state index contributed by atoms with van der Waals surface area (Å²) in [6.45, 7) is 2.15. The Morgan fingerprint density at radius 2 is 1.95 bits per heavy atom. The van der Waals surface area contributed by atoms with Crippen LogP contribution < -0.4 is 5.32 Å². The molecule has 0 aliphatic carbocycles. The van der Waals surface area contributed by atoms with Crippen molar-refractivity contribution in [3.05, 3.63) is 71.0 Å². The zero-order chi connectivity index (χ0) is 15.2. The highest BCUT2D eigenvalue weighted by molar-refractivity contribution is 5.34. The zero-order valence-corrected chi connectivity index (χ0v) is 11.8. The van der Waals surface area contributed by atoms with Crippen LogP contribution in [0.4, 0.5) is 4.39 Å². The van der Waals surface area contributed by atoms with Crippen LogP contribution in [0.2, 0.25) is 0 Å². The van der Waals surface area contributed by atoms with Crippen molar-refractivity contribution in [1.29, 1.82) is 5.26 Å². The average Bonchev–Trinajstić information content (AvgIpc) is 2.52. The van der Waals surface area contributed by atoms with E-state index in [0.29, 0.717) is 17.7 Å². The zero-order valence-electron chi connectivity index (χ0n) is 11.8. The van der Waals surface area contributed by atoms with E-state index in [-0.39, 0.29) is 6.04 Å². The van der Waals surface area contributed by atoms with Crippen molar-refractivity contribution in [3.8, 4) is 6.07 Å². The molecule has 2 aromatic carbocycles. The molecule has 0 saturated carbocycles. The fraction of sp³-hybridized carbons (Fsp3) is 0.235. The highest BCUT2D eigenvalue weighted by atomic mass is 19.1. The Morgan fingerprint density at radius 3 is 2.57 bits per heavy atom. The van der Waals surface area contributed by atoms with Gasteiger partial charge in [-0.15, -0.1) is 0 Å². The molecule has 21 heavy (non-hydrogen) atoms. The van der Waals surface area contributed by atoms with Gasteiger partial charge in [0.25, 0.3) is 0 Å². The molecule has 0 aliphatic rings. The molecule has 0 aromatic heterocycles. The molecule has 2 atom stereocenters. The molecule has 2 unspecified atom stereocenters. The molecule has 108 valence electrons. The second-order valence-electron chi connectivity index (χ2n) is 4.90. The molecule has 2 aromatic rings. The fourth-order valence-electron chi connectivity index (χ4n) is 2.14. The van der Waals surface area contributed by atoms with Gasteiger partial charge in [-0.3, -0.25) is 0 Å². The Hall–Kier alpha value is -2.22. The lowest BCUT2D eigenvalue weighted by atomic mass is 10.0. The van der Waals surface area contributed by atoms with Crippen LogP contribution in [0.15, 0.2) is 48.5 Å². The first kappa shape index (κ1) is 15.2. The van der Waals surface area contributed by atoms with E-state index in [1.54, 1.807) is 12.1 Å². The Kier molecular flexibility index (Phi) is 5.04. The minimum absolute atomic E-state index is 0.254. The summed E-state index contributed by atoms with van der Waals surface area (Å²) in [5.41, 5.74) is 1.60. The van der Waals surface area contributed by atoms with E-state index in [1.165, 1.54) is 6.07 Å². The van der Waals surface area contributed by atoms with Gasteiger partial charge in [0, 0.05) is 18.2 Å². The van der Waals surface area contributed by atoms with E-state index in [4.69, 9.17) is 5.26 Å². The highest BCUT2D eigenvalue weighted by Crippen LogP contribution is 2.19. The van der Waals surface area contributed by atoms with Gasteiger partial charge in [0.05, 0.1) is 17.7 Å². The maximum atomic E-state index is 13.9. The van der Waals surface area contributed by atoms with E-state index in [1.807, 2.05) is 43.3 Å². The third kappa shape index (κ3) is 3.88. The molecule has 0 fully saturated rings. The number of aliphatic hydroxyl groups excluding tert-OH is 1. The molecular weight excluding hydrogens is 267 g/mol. The topological polar surface area (TPSA) is 56.0 Å². The van der Waals surface area contributed by atoms with Crippen molar-refractivity contribution >= 4 is 0 Å². The lowest BCUT2D eigenvalue weighted by molar-refractivity contribution is 0.170. The molecular formula is C17H17FN2O.